The lowest BCUT2D eigenvalue weighted by Gasteiger charge is -2.09. The van der Waals surface area contributed by atoms with Crippen molar-refractivity contribution in [2.75, 3.05) is 6.54 Å². The van der Waals surface area contributed by atoms with E-state index in [0.29, 0.717) is 18.5 Å². The molecule has 128 valence electrons. The van der Waals surface area contributed by atoms with Gasteiger partial charge < -0.3 is 5.32 Å². The minimum absolute atomic E-state index is 0.113. The van der Waals surface area contributed by atoms with Crippen LogP contribution in [0.4, 0.5) is 4.39 Å². The maximum absolute atomic E-state index is 13.2. The standard InChI is InChI=1S/C19H17FN2OS2/c20-15-5-3-4-14(10-15)8-9-21-19(23)17-6-1-2-7-18(17)25-12-16-11-24-13-22-16/h1-7,10-11,13H,8-9,12H2,(H,21,23). The highest BCUT2D eigenvalue weighted by Gasteiger charge is 2.11. The Kier molecular flexibility index (Phi) is 6.19. The average Bonchev–Trinajstić information content (AvgIpc) is 3.14. The van der Waals surface area contributed by atoms with Crippen molar-refractivity contribution < 1.29 is 9.18 Å². The van der Waals surface area contributed by atoms with Crippen LogP contribution in [0.1, 0.15) is 21.6 Å². The van der Waals surface area contributed by atoms with Crippen molar-refractivity contribution in [2.45, 2.75) is 17.1 Å². The Labute approximate surface area is 154 Å². The second kappa shape index (κ2) is 8.78. The number of carbonyl (C=O) groups is 1. The monoisotopic (exact) mass is 372 g/mol. The van der Waals surface area contributed by atoms with Crippen LogP contribution in [0.25, 0.3) is 0 Å². The summed E-state index contributed by atoms with van der Waals surface area (Å²) >= 11 is 3.16. The van der Waals surface area contributed by atoms with E-state index in [1.165, 1.54) is 12.1 Å². The van der Waals surface area contributed by atoms with Gasteiger partial charge in [0.2, 0.25) is 0 Å². The van der Waals surface area contributed by atoms with E-state index in [9.17, 15) is 9.18 Å². The topological polar surface area (TPSA) is 42.0 Å². The highest BCUT2D eigenvalue weighted by atomic mass is 32.2. The van der Waals surface area contributed by atoms with Gasteiger partial charge in [-0.25, -0.2) is 9.37 Å². The zero-order valence-corrected chi connectivity index (χ0v) is 15.1. The number of nitrogens with zero attached hydrogens (tertiary/aromatic N) is 1. The number of thiazole rings is 1. The predicted octanol–water partition coefficient (Wildman–Crippen LogP) is 4.55. The van der Waals surface area contributed by atoms with Gasteiger partial charge in [0.05, 0.1) is 16.8 Å². The summed E-state index contributed by atoms with van der Waals surface area (Å²) in [7, 11) is 0. The van der Waals surface area contributed by atoms with Crippen molar-refractivity contribution >= 4 is 29.0 Å². The van der Waals surface area contributed by atoms with E-state index in [1.54, 1.807) is 34.7 Å². The number of hydrogen-bond donors (Lipinski definition) is 1. The fourth-order valence-electron chi connectivity index (χ4n) is 2.35. The molecule has 0 bridgehead atoms. The molecular formula is C19H17FN2OS2. The van der Waals surface area contributed by atoms with Crippen molar-refractivity contribution in [2.24, 2.45) is 0 Å². The lowest BCUT2D eigenvalue weighted by atomic mass is 10.1. The third-order valence-electron chi connectivity index (χ3n) is 3.58. The van der Waals surface area contributed by atoms with Crippen LogP contribution in [0, 0.1) is 5.82 Å². The summed E-state index contributed by atoms with van der Waals surface area (Å²) in [5.74, 6) is 0.363. The Bertz CT molecular complexity index is 837. The summed E-state index contributed by atoms with van der Waals surface area (Å²) in [5, 5.41) is 4.92. The average molecular weight is 372 g/mol. The molecule has 0 unspecified atom stereocenters. The second-order valence-electron chi connectivity index (χ2n) is 5.40. The maximum atomic E-state index is 13.2. The van der Waals surface area contributed by atoms with Gasteiger partial charge in [-0.3, -0.25) is 4.79 Å². The molecule has 0 fully saturated rings. The normalized spacial score (nSPS) is 10.6. The van der Waals surface area contributed by atoms with Crippen LogP contribution in [0.15, 0.2) is 64.3 Å². The first kappa shape index (κ1) is 17.6. The van der Waals surface area contributed by atoms with E-state index in [-0.39, 0.29) is 11.7 Å². The van der Waals surface area contributed by atoms with Crippen molar-refractivity contribution in [3.63, 3.8) is 0 Å². The van der Waals surface area contributed by atoms with Gasteiger partial charge in [-0.2, -0.15) is 0 Å². The summed E-state index contributed by atoms with van der Waals surface area (Å²) in [6.07, 6.45) is 0.595. The molecule has 0 radical (unpaired) electrons. The summed E-state index contributed by atoms with van der Waals surface area (Å²) in [6, 6.07) is 14.0. The molecule has 0 saturated heterocycles. The summed E-state index contributed by atoms with van der Waals surface area (Å²) < 4.78 is 13.2. The number of aromatic nitrogens is 1. The van der Waals surface area contributed by atoms with Crippen molar-refractivity contribution in [1.82, 2.24) is 10.3 Å². The third kappa shape index (κ3) is 5.14. The highest BCUT2D eigenvalue weighted by Crippen LogP contribution is 2.26. The van der Waals surface area contributed by atoms with Gasteiger partial charge in [-0.1, -0.05) is 24.3 Å². The molecule has 1 aromatic heterocycles. The lowest BCUT2D eigenvalue weighted by molar-refractivity contribution is 0.0951. The summed E-state index contributed by atoms with van der Waals surface area (Å²) in [6.45, 7) is 0.466. The van der Waals surface area contributed by atoms with Gasteiger partial charge >= 0.3 is 0 Å². The zero-order valence-electron chi connectivity index (χ0n) is 13.4. The molecule has 0 aliphatic carbocycles. The fraction of sp³-hybridized carbons (Fsp3) is 0.158. The van der Waals surface area contributed by atoms with E-state index < -0.39 is 0 Å². The SMILES string of the molecule is O=C(NCCc1cccc(F)c1)c1ccccc1SCc1cscn1. The molecule has 1 heterocycles. The Morgan fingerprint density at radius 3 is 2.88 bits per heavy atom. The minimum atomic E-state index is -0.257. The fourth-order valence-corrected chi connectivity index (χ4v) is 3.96. The quantitative estimate of drug-likeness (QED) is 0.619. The van der Waals surface area contributed by atoms with Gasteiger partial charge in [-0.15, -0.1) is 23.1 Å². The van der Waals surface area contributed by atoms with E-state index in [2.05, 4.69) is 10.3 Å². The van der Waals surface area contributed by atoms with Crippen LogP contribution in [0.2, 0.25) is 0 Å². The summed E-state index contributed by atoms with van der Waals surface area (Å²) in [4.78, 5) is 17.7. The number of amides is 1. The van der Waals surface area contributed by atoms with Crippen LogP contribution in [0.3, 0.4) is 0 Å². The van der Waals surface area contributed by atoms with Gasteiger partial charge in [0.15, 0.2) is 0 Å². The molecule has 6 heteroatoms. The number of rotatable bonds is 7. The van der Waals surface area contributed by atoms with Crippen molar-refractivity contribution in [1.29, 1.82) is 0 Å². The molecule has 0 saturated carbocycles. The first-order chi connectivity index (χ1) is 12.2. The number of halogens is 1. The van der Waals surface area contributed by atoms with E-state index >= 15 is 0 Å². The van der Waals surface area contributed by atoms with E-state index in [1.807, 2.05) is 35.7 Å². The lowest BCUT2D eigenvalue weighted by Crippen LogP contribution is -2.26. The molecule has 25 heavy (non-hydrogen) atoms. The van der Waals surface area contributed by atoms with Crippen LogP contribution >= 0.6 is 23.1 Å². The van der Waals surface area contributed by atoms with Gasteiger partial charge in [-0.05, 0) is 36.2 Å². The highest BCUT2D eigenvalue weighted by molar-refractivity contribution is 7.98. The van der Waals surface area contributed by atoms with Crippen LogP contribution < -0.4 is 5.32 Å². The predicted molar refractivity (Wildman–Crippen MR) is 101 cm³/mol. The third-order valence-corrected chi connectivity index (χ3v) is 5.32. The number of hydrogen-bond acceptors (Lipinski definition) is 4. The maximum Gasteiger partial charge on any atom is 0.252 e. The molecule has 0 aliphatic heterocycles. The number of carbonyl (C=O) groups excluding carboxylic acids is 1. The largest absolute Gasteiger partial charge is 0.352 e. The van der Waals surface area contributed by atoms with Gasteiger partial charge in [0, 0.05) is 22.6 Å². The Morgan fingerprint density at radius 1 is 1.20 bits per heavy atom. The molecule has 3 nitrogen and oxygen atoms in total. The molecule has 0 atom stereocenters. The number of nitrogens with one attached hydrogen (secondary N) is 1. The molecule has 0 aliphatic rings. The first-order valence-electron chi connectivity index (χ1n) is 7.84. The molecule has 2 aromatic carbocycles. The molecular weight excluding hydrogens is 355 g/mol. The Balaban J connectivity index is 1.58. The molecule has 3 rings (SSSR count). The smallest absolute Gasteiger partial charge is 0.252 e. The number of benzene rings is 2. The van der Waals surface area contributed by atoms with Gasteiger partial charge in [0.1, 0.15) is 5.82 Å². The molecule has 3 aromatic rings. The van der Waals surface area contributed by atoms with Crippen molar-refractivity contribution in [3.8, 4) is 0 Å². The van der Waals surface area contributed by atoms with E-state index in [4.69, 9.17) is 0 Å². The van der Waals surface area contributed by atoms with E-state index in [0.717, 1.165) is 21.9 Å². The van der Waals surface area contributed by atoms with Crippen LogP contribution in [-0.2, 0) is 12.2 Å². The summed E-state index contributed by atoms with van der Waals surface area (Å²) in [5.41, 5.74) is 4.34. The Hall–Kier alpha value is -2.18. The second-order valence-corrected chi connectivity index (χ2v) is 7.14. The van der Waals surface area contributed by atoms with Crippen molar-refractivity contribution in [3.05, 3.63) is 82.1 Å². The number of thioether (sulfide) groups is 1. The molecule has 0 spiro atoms. The zero-order chi connectivity index (χ0) is 17.5. The van der Waals surface area contributed by atoms with Crippen LogP contribution in [-0.4, -0.2) is 17.4 Å². The molecule has 1 amide bonds. The van der Waals surface area contributed by atoms with Gasteiger partial charge in [0.25, 0.3) is 5.91 Å². The first-order valence-corrected chi connectivity index (χ1v) is 9.77. The Morgan fingerprint density at radius 2 is 2.08 bits per heavy atom. The minimum Gasteiger partial charge on any atom is -0.352 e. The van der Waals surface area contributed by atoms with Crippen LogP contribution in [0.5, 0.6) is 0 Å². The molecule has 1 N–H and O–H groups in total.